The second-order valence-electron chi connectivity index (χ2n) is 2.70. The third kappa shape index (κ3) is 3.61. The first kappa shape index (κ1) is 11.3. The number of nitrogens with zero attached hydrogens (tertiary/aromatic N) is 2. The Hall–Kier alpha value is -0.710. The Labute approximate surface area is 77.9 Å². The number of rotatable bonds is 3. The van der Waals surface area contributed by atoms with E-state index in [1.807, 2.05) is 0 Å². The Morgan fingerprint density at radius 2 is 1.67 bits per heavy atom. The molecule has 0 aliphatic rings. The zero-order valence-electron chi connectivity index (χ0n) is 7.57. The Balaban J connectivity index is 3.92. The topological polar surface area (TPSA) is 40.6 Å². The van der Waals surface area contributed by atoms with Gasteiger partial charge in [-0.2, -0.15) is 12.6 Å². The van der Waals surface area contributed by atoms with Crippen molar-refractivity contribution in [3.63, 3.8) is 0 Å². The average Bonchev–Trinajstić information content (AvgIpc) is 2.02. The van der Waals surface area contributed by atoms with Gasteiger partial charge in [0.1, 0.15) is 0 Å². The minimum atomic E-state index is -0.145. The lowest BCUT2D eigenvalue weighted by atomic mass is 10.5. The van der Waals surface area contributed by atoms with E-state index in [0.717, 1.165) is 0 Å². The van der Waals surface area contributed by atoms with Gasteiger partial charge in [-0.1, -0.05) is 0 Å². The number of likely N-dealkylation sites (N-methyl/N-ethyl adjacent to an activating group) is 2. The van der Waals surface area contributed by atoms with Gasteiger partial charge in [-0.25, -0.2) is 0 Å². The minimum Gasteiger partial charge on any atom is -0.347 e. The first-order valence-electron chi connectivity index (χ1n) is 3.54. The van der Waals surface area contributed by atoms with Crippen LogP contribution in [0.5, 0.6) is 0 Å². The van der Waals surface area contributed by atoms with E-state index in [0.29, 0.717) is 0 Å². The summed E-state index contributed by atoms with van der Waals surface area (Å²) in [6, 6.07) is 0. The van der Waals surface area contributed by atoms with Crippen LogP contribution < -0.4 is 0 Å². The summed E-state index contributed by atoms with van der Waals surface area (Å²) in [5.41, 5.74) is 0. The number of hydrogen-bond acceptors (Lipinski definition) is 3. The Morgan fingerprint density at radius 3 is 2.00 bits per heavy atom. The molecule has 70 valence electrons. The maximum absolute atomic E-state index is 11.1. The molecule has 0 fully saturated rings. The van der Waals surface area contributed by atoms with Gasteiger partial charge >= 0.3 is 0 Å². The summed E-state index contributed by atoms with van der Waals surface area (Å²) in [5.74, 6) is -0.0989. The van der Waals surface area contributed by atoms with E-state index < -0.39 is 0 Å². The van der Waals surface area contributed by atoms with Crippen molar-refractivity contribution in [2.24, 2.45) is 0 Å². The van der Waals surface area contributed by atoms with Gasteiger partial charge in [-0.15, -0.1) is 0 Å². The molecule has 0 aromatic carbocycles. The molecule has 0 saturated heterocycles. The van der Waals surface area contributed by atoms with Crippen molar-refractivity contribution in [1.82, 2.24) is 9.80 Å². The molecule has 0 radical (unpaired) electrons. The van der Waals surface area contributed by atoms with E-state index >= 15 is 0 Å². The van der Waals surface area contributed by atoms with E-state index in [-0.39, 0.29) is 24.1 Å². The van der Waals surface area contributed by atoms with Crippen LogP contribution in [-0.4, -0.2) is 55.1 Å². The predicted octanol–water partition coefficient (Wildman–Crippen LogP) is -0.537. The van der Waals surface area contributed by atoms with Crippen molar-refractivity contribution < 1.29 is 9.59 Å². The molecular formula is C7H14N2O2S. The zero-order chi connectivity index (χ0) is 9.72. The first-order chi connectivity index (χ1) is 5.49. The van der Waals surface area contributed by atoms with Crippen molar-refractivity contribution in [3.8, 4) is 0 Å². The van der Waals surface area contributed by atoms with Crippen LogP contribution in [0.2, 0.25) is 0 Å². The number of amides is 2. The zero-order valence-corrected chi connectivity index (χ0v) is 8.47. The van der Waals surface area contributed by atoms with Crippen LogP contribution in [0.25, 0.3) is 0 Å². The molecule has 0 aromatic rings. The van der Waals surface area contributed by atoms with Crippen LogP contribution in [0.1, 0.15) is 0 Å². The SMILES string of the molecule is CN(C)C(=O)CN(C)C(=O)CS. The monoisotopic (exact) mass is 190 g/mol. The van der Waals surface area contributed by atoms with Gasteiger partial charge in [0.2, 0.25) is 11.8 Å². The Morgan fingerprint density at radius 1 is 1.17 bits per heavy atom. The number of thiol groups is 1. The number of carbonyl (C=O) groups excluding carboxylic acids is 2. The van der Waals surface area contributed by atoms with Crippen LogP contribution >= 0.6 is 12.6 Å². The summed E-state index contributed by atoms with van der Waals surface area (Å²) in [7, 11) is 4.89. The summed E-state index contributed by atoms with van der Waals surface area (Å²) in [6.07, 6.45) is 0. The van der Waals surface area contributed by atoms with Gasteiger partial charge < -0.3 is 9.80 Å². The van der Waals surface area contributed by atoms with Gasteiger partial charge in [0.05, 0.1) is 12.3 Å². The molecule has 0 aliphatic carbocycles. The summed E-state index contributed by atoms with van der Waals surface area (Å²) < 4.78 is 0. The summed E-state index contributed by atoms with van der Waals surface area (Å²) in [6.45, 7) is 0.117. The maximum Gasteiger partial charge on any atom is 0.241 e. The molecule has 0 N–H and O–H groups in total. The molecule has 0 spiro atoms. The van der Waals surface area contributed by atoms with Gasteiger partial charge in [0.15, 0.2) is 0 Å². The largest absolute Gasteiger partial charge is 0.347 e. The molecule has 0 saturated carbocycles. The van der Waals surface area contributed by atoms with E-state index in [1.165, 1.54) is 9.80 Å². The normalized spacial score (nSPS) is 9.33. The predicted molar refractivity (Wildman–Crippen MR) is 50.2 cm³/mol. The fourth-order valence-corrected chi connectivity index (χ4v) is 0.795. The van der Waals surface area contributed by atoms with Crippen LogP contribution in [-0.2, 0) is 9.59 Å². The summed E-state index contributed by atoms with van der Waals surface area (Å²) in [4.78, 5) is 24.8. The highest BCUT2D eigenvalue weighted by atomic mass is 32.1. The van der Waals surface area contributed by atoms with Gasteiger partial charge in [0.25, 0.3) is 0 Å². The standard InChI is InChI=1S/C7H14N2O2S/c1-8(2)6(10)4-9(3)7(11)5-12/h12H,4-5H2,1-3H3. The average molecular weight is 190 g/mol. The third-order valence-corrected chi connectivity index (χ3v) is 1.70. The minimum absolute atomic E-state index is 0.0902. The second-order valence-corrected chi connectivity index (χ2v) is 3.01. The molecule has 12 heavy (non-hydrogen) atoms. The molecule has 5 heteroatoms. The van der Waals surface area contributed by atoms with Crippen LogP contribution in [0, 0.1) is 0 Å². The van der Waals surface area contributed by atoms with Crippen molar-refractivity contribution in [1.29, 1.82) is 0 Å². The fourth-order valence-electron chi connectivity index (χ4n) is 0.553. The van der Waals surface area contributed by atoms with Crippen LogP contribution in [0.3, 0.4) is 0 Å². The quantitative estimate of drug-likeness (QED) is 0.607. The molecule has 4 nitrogen and oxygen atoms in total. The molecular weight excluding hydrogens is 176 g/mol. The molecule has 0 unspecified atom stereocenters. The highest BCUT2D eigenvalue weighted by molar-refractivity contribution is 7.81. The Bertz CT molecular complexity index is 182. The molecule has 0 bridgehead atoms. The molecule has 0 aliphatic heterocycles. The maximum atomic E-state index is 11.1. The van der Waals surface area contributed by atoms with Gasteiger partial charge in [0, 0.05) is 21.1 Å². The summed E-state index contributed by atoms with van der Waals surface area (Å²) in [5, 5.41) is 0. The smallest absolute Gasteiger partial charge is 0.241 e. The second kappa shape index (κ2) is 5.03. The lowest BCUT2D eigenvalue weighted by Crippen LogP contribution is -2.38. The van der Waals surface area contributed by atoms with Crippen molar-refractivity contribution in [2.75, 3.05) is 33.4 Å². The third-order valence-electron chi connectivity index (χ3n) is 1.43. The number of hydrogen-bond donors (Lipinski definition) is 1. The number of carbonyl (C=O) groups is 2. The van der Waals surface area contributed by atoms with E-state index in [9.17, 15) is 9.59 Å². The fraction of sp³-hybridized carbons (Fsp3) is 0.714. The Kier molecular flexibility index (Phi) is 4.73. The van der Waals surface area contributed by atoms with Crippen molar-refractivity contribution in [2.45, 2.75) is 0 Å². The first-order valence-corrected chi connectivity index (χ1v) is 4.17. The van der Waals surface area contributed by atoms with Crippen molar-refractivity contribution >= 4 is 24.4 Å². The van der Waals surface area contributed by atoms with E-state index in [1.54, 1.807) is 21.1 Å². The van der Waals surface area contributed by atoms with Crippen LogP contribution in [0.4, 0.5) is 0 Å². The highest BCUT2D eigenvalue weighted by Crippen LogP contribution is 1.89. The molecule has 0 rings (SSSR count). The lowest BCUT2D eigenvalue weighted by Gasteiger charge is -2.18. The molecule has 0 atom stereocenters. The molecule has 0 heterocycles. The molecule has 2 amide bonds. The van der Waals surface area contributed by atoms with Crippen molar-refractivity contribution in [3.05, 3.63) is 0 Å². The van der Waals surface area contributed by atoms with E-state index in [4.69, 9.17) is 0 Å². The molecule has 0 aromatic heterocycles. The van der Waals surface area contributed by atoms with E-state index in [2.05, 4.69) is 12.6 Å². The van der Waals surface area contributed by atoms with Gasteiger partial charge in [-0.05, 0) is 0 Å². The lowest BCUT2D eigenvalue weighted by molar-refractivity contribution is -0.136. The highest BCUT2D eigenvalue weighted by Gasteiger charge is 2.11. The van der Waals surface area contributed by atoms with Gasteiger partial charge in [-0.3, -0.25) is 9.59 Å². The van der Waals surface area contributed by atoms with Crippen LogP contribution in [0.15, 0.2) is 0 Å². The summed E-state index contributed by atoms with van der Waals surface area (Å²) >= 11 is 3.81.